The highest BCUT2D eigenvalue weighted by Crippen LogP contribution is 2.30. The minimum absolute atomic E-state index is 0.128. The molecule has 1 heterocycles. The van der Waals surface area contributed by atoms with Crippen molar-refractivity contribution < 1.29 is 9.63 Å². The maximum atomic E-state index is 8.93. The zero-order chi connectivity index (χ0) is 9.97. The van der Waals surface area contributed by atoms with Crippen LogP contribution in [0.1, 0.15) is 5.69 Å². The molecule has 2 aromatic rings. The molecule has 1 aromatic carbocycles. The van der Waals surface area contributed by atoms with E-state index in [0.717, 1.165) is 5.56 Å². The van der Waals surface area contributed by atoms with E-state index in [4.69, 9.17) is 9.63 Å². The fourth-order valence-corrected chi connectivity index (χ4v) is 1.68. The topological polar surface area (TPSA) is 46.3 Å². The molecule has 0 atom stereocenters. The van der Waals surface area contributed by atoms with Gasteiger partial charge in [-0.1, -0.05) is 35.5 Å². The van der Waals surface area contributed by atoms with Crippen molar-refractivity contribution in [3.63, 3.8) is 0 Å². The van der Waals surface area contributed by atoms with E-state index in [0.29, 0.717) is 15.9 Å². The number of benzene rings is 1. The standard InChI is InChI=1S/C10H8BrNO2/c11-9-8(6-13)12-14-10(9)7-4-2-1-3-5-7/h1-5,13H,6H2. The third-order valence-corrected chi connectivity index (χ3v) is 2.70. The highest BCUT2D eigenvalue weighted by atomic mass is 79.9. The molecule has 3 nitrogen and oxygen atoms in total. The summed E-state index contributed by atoms with van der Waals surface area (Å²) in [5.41, 5.74) is 1.45. The van der Waals surface area contributed by atoms with Gasteiger partial charge in [-0.25, -0.2) is 0 Å². The first kappa shape index (κ1) is 9.43. The summed E-state index contributed by atoms with van der Waals surface area (Å²) in [5.74, 6) is 0.648. The van der Waals surface area contributed by atoms with E-state index in [9.17, 15) is 0 Å². The number of aliphatic hydroxyl groups is 1. The molecule has 0 bridgehead atoms. The largest absolute Gasteiger partial charge is 0.390 e. The number of aromatic nitrogens is 1. The minimum atomic E-state index is -0.128. The lowest BCUT2D eigenvalue weighted by atomic mass is 10.2. The Kier molecular flexibility index (Phi) is 2.65. The van der Waals surface area contributed by atoms with Crippen LogP contribution in [0.5, 0.6) is 0 Å². The summed E-state index contributed by atoms with van der Waals surface area (Å²) in [5, 5.41) is 12.7. The molecular weight excluding hydrogens is 246 g/mol. The third-order valence-electron chi connectivity index (χ3n) is 1.89. The fraction of sp³-hybridized carbons (Fsp3) is 0.100. The predicted molar refractivity (Wildman–Crippen MR) is 55.6 cm³/mol. The Labute approximate surface area is 89.5 Å². The van der Waals surface area contributed by atoms with Crippen LogP contribution in [-0.2, 0) is 6.61 Å². The predicted octanol–water partition coefficient (Wildman–Crippen LogP) is 2.60. The maximum Gasteiger partial charge on any atom is 0.181 e. The molecule has 1 N–H and O–H groups in total. The first-order valence-corrected chi connectivity index (χ1v) is 4.92. The zero-order valence-electron chi connectivity index (χ0n) is 7.27. The monoisotopic (exact) mass is 253 g/mol. The molecule has 72 valence electrons. The fourth-order valence-electron chi connectivity index (χ4n) is 1.18. The van der Waals surface area contributed by atoms with Gasteiger partial charge in [0, 0.05) is 5.56 Å². The van der Waals surface area contributed by atoms with Crippen molar-refractivity contribution in [3.8, 4) is 11.3 Å². The van der Waals surface area contributed by atoms with Crippen LogP contribution in [0.2, 0.25) is 0 Å². The third kappa shape index (κ3) is 1.58. The molecule has 2 rings (SSSR count). The van der Waals surface area contributed by atoms with Gasteiger partial charge in [0.2, 0.25) is 0 Å². The summed E-state index contributed by atoms with van der Waals surface area (Å²) in [6, 6.07) is 9.62. The van der Waals surface area contributed by atoms with E-state index in [-0.39, 0.29) is 6.61 Å². The first-order chi connectivity index (χ1) is 6.83. The number of nitrogens with zero attached hydrogens (tertiary/aromatic N) is 1. The van der Waals surface area contributed by atoms with Crippen LogP contribution >= 0.6 is 15.9 Å². The molecule has 0 spiro atoms. The SMILES string of the molecule is OCc1noc(-c2ccccc2)c1Br. The summed E-state index contributed by atoms with van der Waals surface area (Å²) in [6.07, 6.45) is 0. The van der Waals surface area contributed by atoms with Crippen molar-refractivity contribution in [1.29, 1.82) is 0 Å². The zero-order valence-corrected chi connectivity index (χ0v) is 8.86. The molecule has 14 heavy (non-hydrogen) atoms. The molecule has 0 aliphatic heterocycles. The van der Waals surface area contributed by atoms with Crippen LogP contribution in [0.3, 0.4) is 0 Å². The normalized spacial score (nSPS) is 10.4. The van der Waals surface area contributed by atoms with Crippen molar-refractivity contribution in [2.45, 2.75) is 6.61 Å². The Morgan fingerprint density at radius 1 is 1.29 bits per heavy atom. The van der Waals surface area contributed by atoms with Gasteiger partial charge < -0.3 is 9.63 Å². The minimum Gasteiger partial charge on any atom is -0.390 e. The number of hydrogen-bond acceptors (Lipinski definition) is 3. The van der Waals surface area contributed by atoms with Crippen molar-refractivity contribution in [2.24, 2.45) is 0 Å². The lowest BCUT2D eigenvalue weighted by Crippen LogP contribution is -1.82. The van der Waals surface area contributed by atoms with Gasteiger partial charge in [0.25, 0.3) is 0 Å². The Balaban J connectivity index is 2.48. The van der Waals surface area contributed by atoms with E-state index in [1.54, 1.807) is 0 Å². The Morgan fingerprint density at radius 3 is 2.57 bits per heavy atom. The lowest BCUT2D eigenvalue weighted by molar-refractivity contribution is 0.266. The number of halogens is 1. The van der Waals surface area contributed by atoms with Gasteiger partial charge >= 0.3 is 0 Å². The molecule has 0 unspecified atom stereocenters. The summed E-state index contributed by atoms with van der Waals surface area (Å²) in [4.78, 5) is 0. The Bertz CT molecular complexity index is 425. The maximum absolute atomic E-state index is 8.93. The average molecular weight is 254 g/mol. The van der Waals surface area contributed by atoms with Gasteiger partial charge in [-0.2, -0.15) is 0 Å². The van der Waals surface area contributed by atoms with E-state index < -0.39 is 0 Å². The van der Waals surface area contributed by atoms with Gasteiger partial charge in [0.1, 0.15) is 5.69 Å². The van der Waals surface area contributed by atoms with E-state index >= 15 is 0 Å². The summed E-state index contributed by atoms with van der Waals surface area (Å²) >= 11 is 3.33. The van der Waals surface area contributed by atoms with Crippen LogP contribution in [-0.4, -0.2) is 10.3 Å². The van der Waals surface area contributed by atoms with Crippen molar-refractivity contribution in [3.05, 3.63) is 40.5 Å². The van der Waals surface area contributed by atoms with Crippen molar-refractivity contribution >= 4 is 15.9 Å². The Hall–Kier alpha value is -1.13. The summed E-state index contributed by atoms with van der Waals surface area (Å²) < 4.78 is 5.83. The molecule has 4 heteroatoms. The summed E-state index contributed by atoms with van der Waals surface area (Å²) in [6.45, 7) is -0.128. The van der Waals surface area contributed by atoms with E-state index in [1.165, 1.54) is 0 Å². The lowest BCUT2D eigenvalue weighted by Gasteiger charge is -1.94. The molecule has 0 saturated carbocycles. The molecule has 0 aliphatic rings. The van der Waals surface area contributed by atoms with E-state index in [2.05, 4.69) is 21.1 Å². The molecule has 0 aliphatic carbocycles. The van der Waals surface area contributed by atoms with Crippen molar-refractivity contribution in [1.82, 2.24) is 5.16 Å². The van der Waals surface area contributed by atoms with Crippen LogP contribution in [0, 0.1) is 0 Å². The quantitative estimate of drug-likeness (QED) is 0.895. The molecule has 0 radical (unpaired) electrons. The van der Waals surface area contributed by atoms with Crippen LogP contribution in [0.15, 0.2) is 39.3 Å². The molecular formula is C10H8BrNO2. The Morgan fingerprint density at radius 2 is 2.00 bits per heavy atom. The van der Waals surface area contributed by atoms with Gasteiger partial charge in [-0.05, 0) is 15.9 Å². The second-order valence-corrected chi connectivity index (χ2v) is 3.59. The van der Waals surface area contributed by atoms with Crippen LogP contribution in [0.4, 0.5) is 0 Å². The van der Waals surface area contributed by atoms with Gasteiger partial charge in [-0.3, -0.25) is 0 Å². The molecule has 0 amide bonds. The van der Waals surface area contributed by atoms with Crippen LogP contribution in [0.25, 0.3) is 11.3 Å². The van der Waals surface area contributed by atoms with Gasteiger partial charge in [0.15, 0.2) is 5.76 Å². The van der Waals surface area contributed by atoms with Crippen LogP contribution < -0.4 is 0 Å². The molecule has 0 saturated heterocycles. The van der Waals surface area contributed by atoms with Gasteiger partial charge in [-0.15, -0.1) is 0 Å². The van der Waals surface area contributed by atoms with E-state index in [1.807, 2.05) is 30.3 Å². The molecule has 0 fully saturated rings. The van der Waals surface area contributed by atoms with Crippen molar-refractivity contribution in [2.75, 3.05) is 0 Å². The first-order valence-electron chi connectivity index (χ1n) is 4.13. The second kappa shape index (κ2) is 3.94. The van der Waals surface area contributed by atoms with Gasteiger partial charge in [0.05, 0.1) is 11.1 Å². The molecule has 1 aromatic heterocycles. The highest BCUT2D eigenvalue weighted by molar-refractivity contribution is 9.10. The number of aliphatic hydroxyl groups excluding tert-OH is 1. The highest BCUT2D eigenvalue weighted by Gasteiger charge is 2.13. The average Bonchev–Trinajstić information content (AvgIpc) is 2.61. The second-order valence-electron chi connectivity index (χ2n) is 2.80. The number of rotatable bonds is 2. The smallest absolute Gasteiger partial charge is 0.181 e. The number of hydrogen-bond donors (Lipinski definition) is 1. The summed E-state index contributed by atoms with van der Waals surface area (Å²) in [7, 11) is 0.